The van der Waals surface area contributed by atoms with Crippen molar-refractivity contribution in [2.75, 3.05) is 6.54 Å². The Bertz CT molecular complexity index is 506. The summed E-state index contributed by atoms with van der Waals surface area (Å²) in [7, 11) is 1.91. The smallest absolute Gasteiger partial charge is 0.138 e. The molecule has 0 spiro atoms. The summed E-state index contributed by atoms with van der Waals surface area (Å²) in [5.74, 6) is 0.962. The molecule has 0 aromatic carbocycles. The van der Waals surface area contributed by atoms with Crippen LogP contribution >= 0.6 is 0 Å². The van der Waals surface area contributed by atoms with E-state index in [2.05, 4.69) is 33.4 Å². The topological polar surface area (TPSA) is 55.6 Å². The lowest BCUT2D eigenvalue weighted by Gasteiger charge is -2.17. The highest BCUT2D eigenvalue weighted by atomic mass is 15.3. The zero-order valence-corrected chi connectivity index (χ0v) is 11.1. The summed E-state index contributed by atoms with van der Waals surface area (Å²) in [6, 6.07) is 6.28. The second kappa shape index (κ2) is 5.73. The molecule has 0 aliphatic rings. The zero-order valence-electron chi connectivity index (χ0n) is 11.1. The molecule has 0 aliphatic heterocycles. The van der Waals surface area contributed by atoms with E-state index in [1.165, 1.54) is 0 Å². The summed E-state index contributed by atoms with van der Waals surface area (Å²) in [6.07, 6.45) is 2.38. The first-order valence-corrected chi connectivity index (χ1v) is 6.20. The van der Waals surface area contributed by atoms with Gasteiger partial charge in [-0.25, -0.2) is 4.98 Å². The van der Waals surface area contributed by atoms with E-state index >= 15 is 0 Å². The van der Waals surface area contributed by atoms with E-state index in [1.54, 1.807) is 11.0 Å². The Labute approximate surface area is 107 Å². The fourth-order valence-corrected chi connectivity index (χ4v) is 1.97. The maximum Gasteiger partial charge on any atom is 0.138 e. The van der Waals surface area contributed by atoms with Crippen molar-refractivity contribution in [2.45, 2.75) is 26.3 Å². The highest BCUT2D eigenvalue weighted by molar-refractivity contribution is 5.14. The second-order valence-corrected chi connectivity index (χ2v) is 4.32. The molecule has 5 heteroatoms. The summed E-state index contributed by atoms with van der Waals surface area (Å²) in [5.41, 5.74) is 2.09. The van der Waals surface area contributed by atoms with Crippen molar-refractivity contribution in [2.24, 2.45) is 7.05 Å². The third kappa shape index (κ3) is 2.92. The molecule has 18 heavy (non-hydrogen) atoms. The van der Waals surface area contributed by atoms with Crippen LogP contribution in [0.1, 0.15) is 30.2 Å². The first-order valence-electron chi connectivity index (χ1n) is 6.20. The predicted octanol–water partition coefficient (Wildman–Crippen LogP) is 1.41. The standard InChI is InChI=1S/C13H19N5/c1-4-14-12(8-13-15-9-16-18(13)3)11-7-5-6-10(2)17-11/h5-7,9,12,14H,4,8H2,1-3H3. The van der Waals surface area contributed by atoms with Crippen molar-refractivity contribution in [1.29, 1.82) is 0 Å². The third-order valence-corrected chi connectivity index (χ3v) is 2.91. The van der Waals surface area contributed by atoms with Gasteiger partial charge in [0.2, 0.25) is 0 Å². The van der Waals surface area contributed by atoms with Crippen molar-refractivity contribution in [3.63, 3.8) is 0 Å². The van der Waals surface area contributed by atoms with Gasteiger partial charge < -0.3 is 5.32 Å². The minimum absolute atomic E-state index is 0.179. The van der Waals surface area contributed by atoms with Gasteiger partial charge in [-0.2, -0.15) is 5.10 Å². The molecule has 2 rings (SSSR count). The monoisotopic (exact) mass is 245 g/mol. The SMILES string of the molecule is CCNC(Cc1ncnn1C)c1cccc(C)n1. The van der Waals surface area contributed by atoms with E-state index in [-0.39, 0.29) is 6.04 Å². The minimum atomic E-state index is 0.179. The van der Waals surface area contributed by atoms with Crippen LogP contribution in [0.4, 0.5) is 0 Å². The molecule has 2 heterocycles. The normalized spacial score (nSPS) is 12.6. The fraction of sp³-hybridized carbons (Fsp3) is 0.462. The molecule has 96 valence electrons. The van der Waals surface area contributed by atoms with Crippen LogP contribution in [0.2, 0.25) is 0 Å². The highest BCUT2D eigenvalue weighted by Crippen LogP contribution is 2.15. The van der Waals surface area contributed by atoms with Crippen LogP contribution in [0.25, 0.3) is 0 Å². The van der Waals surface area contributed by atoms with Gasteiger partial charge in [0.1, 0.15) is 12.2 Å². The lowest BCUT2D eigenvalue weighted by Crippen LogP contribution is -2.25. The first kappa shape index (κ1) is 12.7. The van der Waals surface area contributed by atoms with Crippen molar-refractivity contribution >= 4 is 0 Å². The Hall–Kier alpha value is -1.75. The van der Waals surface area contributed by atoms with Gasteiger partial charge in [-0.3, -0.25) is 9.67 Å². The summed E-state index contributed by atoms with van der Waals surface area (Å²) in [5, 5.41) is 7.55. The van der Waals surface area contributed by atoms with E-state index in [9.17, 15) is 0 Å². The number of likely N-dealkylation sites (N-methyl/N-ethyl adjacent to an activating group) is 1. The molecule has 0 saturated heterocycles. The molecule has 1 atom stereocenters. The summed E-state index contributed by atoms with van der Waals surface area (Å²) < 4.78 is 1.81. The molecule has 2 aromatic rings. The number of rotatable bonds is 5. The van der Waals surface area contributed by atoms with Gasteiger partial charge in [-0.15, -0.1) is 0 Å². The quantitative estimate of drug-likeness (QED) is 0.865. The Morgan fingerprint density at radius 3 is 2.83 bits per heavy atom. The molecule has 1 unspecified atom stereocenters. The Morgan fingerprint density at radius 2 is 2.22 bits per heavy atom. The molecule has 0 bridgehead atoms. The molecule has 2 aromatic heterocycles. The Kier molecular flexibility index (Phi) is 4.04. The average molecular weight is 245 g/mol. The van der Waals surface area contributed by atoms with Crippen molar-refractivity contribution in [1.82, 2.24) is 25.1 Å². The van der Waals surface area contributed by atoms with Gasteiger partial charge in [-0.1, -0.05) is 13.0 Å². The zero-order chi connectivity index (χ0) is 13.0. The molecule has 0 radical (unpaired) electrons. The van der Waals surface area contributed by atoms with Crippen molar-refractivity contribution in [3.8, 4) is 0 Å². The lowest BCUT2D eigenvalue weighted by atomic mass is 10.1. The number of aryl methyl sites for hydroxylation is 2. The maximum atomic E-state index is 4.58. The molecule has 0 saturated carbocycles. The van der Waals surface area contributed by atoms with Crippen LogP contribution in [-0.4, -0.2) is 26.3 Å². The second-order valence-electron chi connectivity index (χ2n) is 4.32. The molecule has 0 aliphatic carbocycles. The van der Waals surface area contributed by atoms with Crippen LogP contribution in [0.5, 0.6) is 0 Å². The number of nitrogens with one attached hydrogen (secondary N) is 1. The number of aromatic nitrogens is 4. The molecular formula is C13H19N5. The predicted molar refractivity (Wildman–Crippen MR) is 70.1 cm³/mol. The molecule has 0 fully saturated rings. The van der Waals surface area contributed by atoms with E-state index in [1.807, 2.05) is 26.1 Å². The minimum Gasteiger partial charge on any atom is -0.309 e. The average Bonchev–Trinajstić information content (AvgIpc) is 2.74. The number of pyridine rings is 1. The van der Waals surface area contributed by atoms with Gasteiger partial charge in [0.15, 0.2) is 0 Å². The number of nitrogens with zero attached hydrogens (tertiary/aromatic N) is 4. The third-order valence-electron chi connectivity index (χ3n) is 2.91. The maximum absolute atomic E-state index is 4.58. The van der Waals surface area contributed by atoms with E-state index < -0.39 is 0 Å². The Morgan fingerprint density at radius 1 is 1.39 bits per heavy atom. The van der Waals surface area contributed by atoms with Crippen LogP contribution in [0, 0.1) is 6.92 Å². The van der Waals surface area contributed by atoms with E-state index in [0.29, 0.717) is 0 Å². The van der Waals surface area contributed by atoms with Gasteiger partial charge in [-0.05, 0) is 25.6 Å². The molecule has 0 amide bonds. The first-order chi connectivity index (χ1) is 8.70. The summed E-state index contributed by atoms with van der Waals surface area (Å²) in [6.45, 7) is 5.01. The van der Waals surface area contributed by atoms with Gasteiger partial charge >= 0.3 is 0 Å². The summed E-state index contributed by atoms with van der Waals surface area (Å²) in [4.78, 5) is 8.85. The van der Waals surface area contributed by atoms with Gasteiger partial charge in [0.25, 0.3) is 0 Å². The van der Waals surface area contributed by atoms with Crippen LogP contribution < -0.4 is 5.32 Å². The van der Waals surface area contributed by atoms with Crippen molar-refractivity contribution < 1.29 is 0 Å². The van der Waals surface area contributed by atoms with Crippen LogP contribution in [-0.2, 0) is 13.5 Å². The number of hydrogen-bond donors (Lipinski definition) is 1. The largest absolute Gasteiger partial charge is 0.309 e. The summed E-state index contributed by atoms with van der Waals surface area (Å²) >= 11 is 0. The van der Waals surface area contributed by atoms with Crippen molar-refractivity contribution in [3.05, 3.63) is 41.7 Å². The van der Waals surface area contributed by atoms with E-state index in [4.69, 9.17) is 0 Å². The fourth-order valence-electron chi connectivity index (χ4n) is 1.97. The molecular weight excluding hydrogens is 226 g/mol. The van der Waals surface area contributed by atoms with Gasteiger partial charge in [0, 0.05) is 19.2 Å². The van der Waals surface area contributed by atoms with Crippen LogP contribution in [0.15, 0.2) is 24.5 Å². The van der Waals surface area contributed by atoms with Gasteiger partial charge in [0.05, 0.1) is 11.7 Å². The van der Waals surface area contributed by atoms with E-state index in [0.717, 1.165) is 30.2 Å². The Balaban J connectivity index is 2.20. The molecule has 1 N–H and O–H groups in total. The number of hydrogen-bond acceptors (Lipinski definition) is 4. The lowest BCUT2D eigenvalue weighted by molar-refractivity contribution is 0.510. The molecule has 5 nitrogen and oxygen atoms in total. The highest BCUT2D eigenvalue weighted by Gasteiger charge is 2.15. The van der Waals surface area contributed by atoms with Crippen LogP contribution in [0.3, 0.4) is 0 Å².